The number of halogens is 1. The third kappa shape index (κ3) is 2.80. The lowest BCUT2D eigenvalue weighted by atomic mass is 10.1. The Labute approximate surface area is 109 Å². The van der Waals surface area contributed by atoms with Gasteiger partial charge in [0.25, 0.3) is 0 Å². The lowest BCUT2D eigenvalue weighted by Gasteiger charge is -2.32. The molecular weight excluding hydrogens is 256 g/mol. The number of nitrogens with one attached hydrogen (secondary N) is 1. The molecule has 0 aliphatic carbocycles. The normalized spacial score (nSPS) is 20.5. The van der Waals surface area contributed by atoms with Crippen molar-refractivity contribution < 1.29 is 14.7 Å². The number of carbonyl (C=O) groups excluding carboxylic acids is 1. The lowest BCUT2D eigenvalue weighted by Crippen LogP contribution is -2.56. The monoisotopic (exact) mass is 268 g/mol. The summed E-state index contributed by atoms with van der Waals surface area (Å²) in [5.74, 6) is -1.11. The minimum Gasteiger partial charge on any atom is -0.480 e. The first-order valence-corrected chi connectivity index (χ1v) is 5.92. The molecule has 2 N–H and O–H groups in total. The van der Waals surface area contributed by atoms with E-state index in [0.717, 1.165) is 5.56 Å². The maximum Gasteiger partial charge on any atom is 0.322 e. The van der Waals surface area contributed by atoms with E-state index in [0.29, 0.717) is 11.6 Å². The predicted molar refractivity (Wildman–Crippen MR) is 66.3 cm³/mol. The number of benzene rings is 1. The number of hydrogen-bond acceptors (Lipinski definition) is 3. The van der Waals surface area contributed by atoms with Crippen molar-refractivity contribution in [2.45, 2.75) is 12.6 Å². The number of amides is 1. The highest BCUT2D eigenvalue weighted by molar-refractivity contribution is 6.31. The first-order valence-electron chi connectivity index (χ1n) is 5.55. The van der Waals surface area contributed by atoms with Crippen LogP contribution in [-0.2, 0) is 16.1 Å². The van der Waals surface area contributed by atoms with Crippen molar-refractivity contribution in [3.05, 3.63) is 34.9 Å². The van der Waals surface area contributed by atoms with Crippen molar-refractivity contribution in [3.8, 4) is 0 Å². The summed E-state index contributed by atoms with van der Waals surface area (Å²) >= 11 is 6.03. The number of rotatable bonds is 3. The van der Waals surface area contributed by atoms with Gasteiger partial charge in [-0.1, -0.05) is 29.8 Å². The van der Waals surface area contributed by atoms with Crippen molar-refractivity contribution in [1.82, 2.24) is 10.2 Å². The standard InChI is InChI=1S/C12H13ClN2O3/c13-9-4-2-1-3-8(9)6-15-7-11(16)14-5-10(15)12(17)18/h1-4,10H,5-7H2,(H,14,16)(H,17,18). The first kappa shape index (κ1) is 12.9. The Kier molecular flexibility index (Phi) is 3.84. The van der Waals surface area contributed by atoms with E-state index < -0.39 is 12.0 Å². The van der Waals surface area contributed by atoms with Crippen molar-refractivity contribution in [1.29, 1.82) is 0 Å². The zero-order chi connectivity index (χ0) is 13.1. The Morgan fingerprint density at radius 3 is 2.89 bits per heavy atom. The van der Waals surface area contributed by atoms with Crippen molar-refractivity contribution in [3.63, 3.8) is 0 Å². The zero-order valence-corrected chi connectivity index (χ0v) is 10.4. The van der Waals surface area contributed by atoms with Gasteiger partial charge in [0.2, 0.25) is 5.91 Å². The molecule has 1 aliphatic rings. The largest absolute Gasteiger partial charge is 0.480 e. The molecule has 1 unspecified atom stereocenters. The van der Waals surface area contributed by atoms with Gasteiger partial charge in [0.15, 0.2) is 0 Å². The molecule has 1 aromatic rings. The van der Waals surface area contributed by atoms with Crippen LogP contribution in [0.2, 0.25) is 5.02 Å². The molecule has 96 valence electrons. The van der Waals surface area contributed by atoms with Crippen LogP contribution >= 0.6 is 11.6 Å². The summed E-state index contributed by atoms with van der Waals surface area (Å²) in [4.78, 5) is 24.1. The van der Waals surface area contributed by atoms with Crippen molar-refractivity contribution >= 4 is 23.5 Å². The van der Waals surface area contributed by atoms with Crippen molar-refractivity contribution in [2.24, 2.45) is 0 Å². The van der Waals surface area contributed by atoms with Gasteiger partial charge in [-0.2, -0.15) is 0 Å². The Balaban J connectivity index is 2.16. The van der Waals surface area contributed by atoms with E-state index in [1.165, 1.54) is 0 Å². The fraction of sp³-hybridized carbons (Fsp3) is 0.333. The Morgan fingerprint density at radius 2 is 2.22 bits per heavy atom. The number of carboxylic acids is 1. The van der Waals surface area contributed by atoms with Gasteiger partial charge >= 0.3 is 5.97 Å². The summed E-state index contributed by atoms with van der Waals surface area (Å²) in [6.45, 7) is 0.546. The van der Waals surface area contributed by atoms with Gasteiger partial charge < -0.3 is 10.4 Å². The Hall–Kier alpha value is -1.59. The molecule has 0 spiro atoms. The van der Waals surface area contributed by atoms with E-state index in [-0.39, 0.29) is 19.0 Å². The van der Waals surface area contributed by atoms with Gasteiger partial charge in [0.05, 0.1) is 6.54 Å². The van der Waals surface area contributed by atoms with Crippen LogP contribution in [-0.4, -0.2) is 41.0 Å². The molecular formula is C12H13ClN2O3. The van der Waals surface area contributed by atoms with Crippen LogP contribution in [0.4, 0.5) is 0 Å². The quantitative estimate of drug-likeness (QED) is 0.848. The molecule has 5 nitrogen and oxygen atoms in total. The predicted octanol–water partition coefficient (Wildman–Crippen LogP) is 0.725. The second-order valence-corrected chi connectivity index (χ2v) is 4.56. The third-order valence-electron chi connectivity index (χ3n) is 2.90. The highest BCUT2D eigenvalue weighted by atomic mass is 35.5. The summed E-state index contributed by atoms with van der Waals surface area (Å²) < 4.78 is 0. The molecule has 1 saturated heterocycles. The number of piperazine rings is 1. The second-order valence-electron chi connectivity index (χ2n) is 4.15. The number of carboxylic acid groups (broad SMARTS) is 1. The van der Waals surface area contributed by atoms with E-state index in [9.17, 15) is 9.59 Å². The highest BCUT2D eigenvalue weighted by Gasteiger charge is 2.31. The number of carbonyl (C=O) groups is 2. The van der Waals surface area contributed by atoms with Gasteiger partial charge in [0, 0.05) is 18.1 Å². The van der Waals surface area contributed by atoms with E-state index in [2.05, 4.69) is 5.32 Å². The zero-order valence-electron chi connectivity index (χ0n) is 9.60. The van der Waals surface area contributed by atoms with Crippen LogP contribution in [0, 0.1) is 0 Å². The summed E-state index contributed by atoms with van der Waals surface area (Å²) in [5, 5.41) is 12.2. The van der Waals surface area contributed by atoms with Crippen LogP contribution in [0.25, 0.3) is 0 Å². The molecule has 0 radical (unpaired) electrons. The van der Waals surface area contributed by atoms with Crippen molar-refractivity contribution in [2.75, 3.05) is 13.1 Å². The smallest absolute Gasteiger partial charge is 0.322 e. The average Bonchev–Trinajstić information content (AvgIpc) is 2.32. The molecule has 1 aliphatic heterocycles. The van der Waals surface area contributed by atoms with Crippen LogP contribution < -0.4 is 5.32 Å². The molecule has 1 atom stereocenters. The molecule has 1 aromatic carbocycles. The number of nitrogens with zero attached hydrogens (tertiary/aromatic N) is 1. The van der Waals surface area contributed by atoms with Crippen LogP contribution in [0.3, 0.4) is 0 Å². The maximum absolute atomic E-state index is 11.3. The molecule has 0 bridgehead atoms. The first-order chi connectivity index (χ1) is 8.58. The fourth-order valence-corrected chi connectivity index (χ4v) is 2.14. The maximum atomic E-state index is 11.3. The topological polar surface area (TPSA) is 69.6 Å². The molecule has 6 heteroatoms. The number of hydrogen-bond donors (Lipinski definition) is 2. The van der Waals surface area contributed by atoms with E-state index in [4.69, 9.17) is 16.7 Å². The summed E-state index contributed by atoms with van der Waals surface area (Å²) in [6.07, 6.45) is 0. The fourth-order valence-electron chi connectivity index (χ4n) is 1.95. The van der Waals surface area contributed by atoms with E-state index in [1.54, 1.807) is 11.0 Å². The van der Waals surface area contributed by atoms with Gasteiger partial charge in [-0.05, 0) is 11.6 Å². The molecule has 18 heavy (non-hydrogen) atoms. The van der Waals surface area contributed by atoms with E-state index in [1.807, 2.05) is 18.2 Å². The molecule has 1 fully saturated rings. The Bertz CT molecular complexity index is 478. The minimum absolute atomic E-state index is 0.0716. The summed E-state index contributed by atoms with van der Waals surface area (Å²) in [5.41, 5.74) is 0.820. The summed E-state index contributed by atoms with van der Waals surface area (Å²) in [7, 11) is 0. The Morgan fingerprint density at radius 1 is 1.50 bits per heavy atom. The van der Waals surface area contributed by atoms with Gasteiger partial charge in [-0.25, -0.2) is 0 Å². The molecule has 1 heterocycles. The second kappa shape index (κ2) is 5.37. The van der Waals surface area contributed by atoms with Crippen LogP contribution in [0.5, 0.6) is 0 Å². The van der Waals surface area contributed by atoms with Crippen LogP contribution in [0.1, 0.15) is 5.56 Å². The van der Waals surface area contributed by atoms with E-state index >= 15 is 0 Å². The molecule has 0 saturated carbocycles. The minimum atomic E-state index is -0.943. The molecule has 1 amide bonds. The van der Waals surface area contributed by atoms with Crippen LogP contribution in [0.15, 0.2) is 24.3 Å². The molecule has 0 aromatic heterocycles. The molecule has 2 rings (SSSR count). The summed E-state index contributed by atoms with van der Waals surface area (Å²) in [6, 6.07) is 6.51. The van der Waals surface area contributed by atoms with Gasteiger partial charge in [0.1, 0.15) is 6.04 Å². The lowest BCUT2D eigenvalue weighted by molar-refractivity contribution is -0.146. The SMILES string of the molecule is O=C1CN(Cc2ccccc2Cl)C(C(=O)O)CN1. The third-order valence-corrected chi connectivity index (χ3v) is 3.27. The average molecular weight is 269 g/mol. The van der Waals surface area contributed by atoms with Gasteiger partial charge in [-0.3, -0.25) is 14.5 Å². The highest BCUT2D eigenvalue weighted by Crippen LogP contribution is 2.19. The van der Waals surface area contributed by atoms with Gasteiger partial charge in [-0.15, -0.1) is 0 Å². The number of aliphatic carboxylic acids is 1.